The third-order valence-corrected chi connectivity index (χ3v) is 13.2. The van der Waals surface area contributed by atoms with Crippen molar-refractivity contribution >= 4 is 5.91 Å². The van der Waals surface area contributed by atoms with Crippen LogP contribution in [0.4, 0.5) is 0 Å². The van der Waals surface area contributed by atoms with E-state index in [2.05, 4.69) is 87.8 Å². The molecule has 9 heteroatoms. The summed E-state index contributed by atoms with van der Waals surface area (Å²) >= 11 is 0. The van der Waals surface area contributed by atoms with Crippen LogP contribution in [0.3, 0.4) is 0 Å². The highest BCUT2D eigenvalue weighted by Crippen LogP contribution is 2.47. The second-order valence-corrected chi connectivity index (χ2v) is 17.5. The molecule has 2 aromatic rings. The Hall–Kier alpha value is -2.53. The van der Waals surface area contributed by atoms with Crippen molar-refractivity contribution in [2.24, 2.45) is 35.0 Å². The van der Waals surface area contributed by atoms with Crippen LogP contribution in [0.2, 0.25) is 0 Å². The van der Waals surface area contributed by atoms with Gasteiger partial charge in [-0.3, -0.25) is 14.5 Å². The number of para-hydroxylation sites is 1. The molecule has 290 valence electrons. The standard InChI is InChI=1S/C43H68N4O5/c1-28(2)20-36(26-45-18-11-12-19-45)46(25-35-16-9-10-17-38(35)50)23-33-14-13-15-34(22-33)24-47-41(40(32(6)49)39(27-48)52-47)42(51)44-37-21-29(3)43(7,8)31(5)30(37)4/h9-10,13-17,22,28-32,36-37,39-41,48-50H,11-12,18-21,23-27H2,1-8H3,(H,44,51)/t29-,30+,31+,32+,36+,37+,39+,40-,41+/m1/s1. The fourth-order valence-corrected chi connectivity index (χ4v) is 9.27. The molecule has 4 N–H and O–H groups in total. The van der Waals surface area contributed by atoms with E-state index < -0.39 is 24.2 Å². The molecule has 0 unspecified atom stereocenters. The Morgan fingerprint density at radius 1 is 1.02 bits per heavy atom. The van der Waals surface area contributed by atoms with Crippen LogP contribution in [0.25, 0.3) is 0 Å². The summed E-state index contributed by atoms with van der Waals surface area (Å²) in [6.45, 7) is 22.4. The lowest BCUT2D eigenvalue weighted by atomic mass is 9.58. The molecule has 9 nitrogen and oxygen atoms in total. The first-order valence-corrected chi connectivity index (χ1v) is 20.0. The average Bonchev–Trinajstić information content (AvgIpc) is 3.74. The molecule has 2 aliphatic heterocycles. The van der Waals surface area contributed by atoms with Crippen molar-refractivity contribution in [1.29, 1.82) is 0 Å². The highest BCUT2D eigenvalue weighted by Gasteiger charge is 2.51. The predicted octanol–water partition coefficient (Wildman–Crippen LogP) is 6.20. The largest absolute Gasteiger partial charge is 0.508 e. The van der Waals surface area contributed by atoms with Crippen molar-refractivity contribution in [3.8, 4) is 5.75 Å². The van der Waals surface area contributed by atoms with E-state index in [9.17, 15) is 20.1 Å². The van der Waals surface area contributed by atoms with E-state index in [4.69, 9.17) is 4.84 Å². The number of carbonyl (C=O) groups is 1. The number of phenols is 1. The summed E-state index contributed by atoms with van der Waals surface area (Å²) in [6.07, 6.45) is 2.92. The van der Waals surface area contributed by atoms with E-state index in [1.54, 1.807) is 18.1 Å². The van der Waals surface area contributed by atoms with E-state index in [1.165, 1.54) is 12.8 Å². The van der Waals surface area contributed by atoms with Gasteiger partial charge in [0.1, 0.15) is 17.9 Å². The minimum Gasteiger partial charge on any atom is -0.508 e. The molecule has 2 saturated heterocycles. The number of benzene rings is 2. The number of hydrogen-bond acceptors (Lipinski definition) is 8. The van der Waals surface area contributed by atoms with Crippen molar-refractivity contribution in [2.45, 2.75) is 131 Å². The summed E-state index contributed by atoms with van der Waals surface area (Å²) in [7, 11) is 0. The maximum atomic E-state index is 14.3. The lowest BCUT2D eigenvalue weighted by Gasteiger charge is -2.50. The van der Waals surface area contributed by atoms with E-state index in [0.29, 0.717) is 55.1 Å². The van der Waals surface area contributed by atoms with Gasteiger partial charge >= 0.3 is 0 Å². The number of amides is 1. The molecular weight excluding hydrogens is 652 g/mol. The Bertz CT molecular complexity index is 1440. The van der Waals surface area contributed by atoms with Crippen LogP contribution in [0.15, 0.2) is 48.5 Å². The van der Waals surface area contributed by atoms with Crippen LogP contribution < -0.4 is 5.32 Å². The van der Waals surface area contributed by atoms with Gasteiger partial charge in [-0.05, 0) is 92.0 Å². The number of hydrogen-bond donors (Lipinski definition) is 4. The molecule has 0 spiro atoms. The normalized spacial score (nSPS) is 29.5. The number of nitrogens with zero attached hydrogens (tertiary/aromatic N) is 3. The maximum absolute atomic E-state index is 14.3. The average molecular weight is 721 g/mol. The van der Waals surface area contributed by atoms with Gasteiger partial charge in [0.05, 0.1) is 19.3 Å². The van der Waals surface area contributed by atoms with E-state index in [1.807, 2.05) is 18.2 Å². The third kappa shape index (κ3) is 9.57. The van der Waals surface area contributed by atoms with Crippen molar-refractivity contribution in [3.63, 3.8) is 0 Å². The van der Waals surface area contributed by atoms with Gasteiger partial charge in [-0.25, -0.2) is 0 Å². The lowest BCUT2D eigenvalue weighted by molar-refractivity contribution is -0.182. The van der Waals surface area contributed by atoms with Gasteiger partial charge in [0.25, 0.3) is 0 Å². The van der Waals surface area contributed by atoms with Crippen molar-refractivity contribution in [3.05, 3.63) is 65.2 Å². The van der Waals surface area contributed by atoms with Crippen LogP contribution in [-0.2, 0) is 29.3 Å². The minimum absolute atomic E-state index is 0.0212. The van der Waals surface area contributed by atoms with E-state index in [0.717, 1.165) is 49.2 Å². The minimum atomic E-state index is -0.846. The lowest BCUT2D eigenvalue weighted by Crippen LogP contribution is -2.56. The quantitative estimate of drug-likeness (QED) is 0.172. The summed E-state index contributed by atoms with van der Waals surface area (Å²) in [5, 5.41) is 37.2. The second kappa shape index (κ2) is 17.7. The van der Waals surface area contributed by atoms with Crippen molar-refractivity contribution < 1.29 is 25.0 Å². The van der Waals surface area contributed by atoms with Crippen LogP contribution in [-0.4, -0.2) is 92.7 Å². The number of likely N-dealkylation sites (tertiary alicyclic amines) is 1. The van der Waals surface area contributed by atoms with Crippen molar-refractivity contribution in [1.82, 2.24) is 20.2 Å². The molecule has 1 saturated carbocycles. The first kappa shape index (κ1) is 40.7. The number of aliphatic hydroxyl groups is 2. The van der Waals surface area contributed by atoms with Gasteiger partial charge in [-0.15, -0.1) is 0 Å². The Kier molecular flexibility index (Phi) is 13.9. The van der Waals surface area contributed by atoms with Gasteiger partial charge in [0.2, 0.25) is 5.91 Å². The number of carbonyl (C=O) groups excluding carboxylic acids is 1. The zero-order valence-corrected chi connectivity index (χ0v) is 33.2. The van der Waals surface area contributed by atoms with Crippen molar-refractivity contribution in [2.75, 3.05) is 26.2 Å². The summed E-state index contributed by atoms with van der Waals surface area (Å²) in [5.41, 5.74) is 3.25. The fourth-order valence-electron chi connectivity index (χ4n) is 9.27. The molecule has 3 fully saturated rings. The highest BCUT2D eigenvalue weighted by molar-refractivity contribution is 5.82. The molecule has 3 aliphatic rings. The smallest absolute Gasteiger partial charge is 0.240 e. The molecule has 9 atom stereocenters. The molecular formula is C43H68N4O5. The molecule has 2 heterocycles. The Morgan fingerprint density at radius 2 is 1.71 bits per heavy atom. The van der Waals surface area contributed by atoms with E-state index in [-0.39, 0.29) is 24.0 Å². The highest BCUT2D eigenvalue weighted by atomic mass is 16.7. The monoisotopic (exact) mass is 721 g/mol. The second-order valence-electron chi connectivity index (χ2n) is 17.5. The summed E-state index contributed by atoms with van der Waals surface area (Å²) < 4.78 is 0. The van der Waals surface area contributed by atoms with Gasteiger partial charge in [-0.2, -0.15) is 5.06 Å². The fraction of sp³-hybridized carbons (Fsp3) is 0.698. The molecule has 1 amide bonds. The molecule has 0 bridgehead atoms. The Morgan fingerprint density at radius 3 is 2.37 bits per heavy atom. The zero-order valence-electron chi connectivity index (χ0n) is 33.2. The Balaban J connectivity index is 1.38. The first-order chi connectivity index (χ1) is 24.7. The van der Waals surface area contributed by atoms with Crippen LogP contribution >= 0.6 is 0 Å². The predicted molar refractivity (Wildman–Crippen MR) is 207 cm³/mol. The topological polar surface area (TPSA) is 109 Å². The summed E-state index contributed by atoms with van der Waals surface area (Å²) in [4.78, 5) is 25.7. The number of aromatic hydroxyl groups is 1. The number of hydroxylamine groups is 2. The number of nitrogens with one attached hydrogen (secondary N) is 1. The van der Waals surface area contributed by atoms with Crippen LogP contribution in [0.1, 0.15) is 97.8 Å². The zero-order chi connectivity index (χ0) is 37.7. The first-order valence-electron chi connectivity index (χ1n) is 20.0. The Labute approximate surface area is 313 Å². The SMILES string of the molecule is CC(C)C[C@@H](CN1CCCC1)N(Cc1cccc(CN2O[C@@H](CO)[C@@H]([C@H](C)O)[C@H]2C(=O)N[C@H]2C[C@@H](C)C(C)(C)[C@@H](C)[C@@H]2C)c1)Cc1ccccc1O. The third-order valence-electron chi connectivity index (χ3n) is 13.2. The summed E-state index contributed by atoms with van der Waals surface area (Å²) in [5.74, 6) is 1.29. The molecule has 1 aliphatic carbocycles. The molecule has 0 aromatic heterocycles. The number of aliphatic hydroxyl groups excluding tert-OH is 2. The molecule has 2 aromatic carbocycles. The van der Waals surface area contributed by atoms with Crippen LogP contribution in [0.5, 0.6) is 5.75 Å². The van der Waals surface area contributed by atoms with Crippen LogP contribution in [0, 0.1) is 35.0 Å². The number of rotatable bonds is 15. The van der Waals surface area contributed by atoms with E-state index >= 15 is 0 Å². The molecule has 0 radical (unpaired) electrons. The van der Waals surface area contributed by atoms with Gasteiger partial charge in [0, 0.05) is 43.2 Å². The van der Waals surface area contributed by atoms with Gasteiger partial charge in [0.15, 0.2) is 0 Å². The molecule has 5 rings (SSSR count). The molecule has 52 heavy (non-hydrogen) atoms. The number of phenolic OH excluding ortho intramolecular Hbond substituents is 1. The van der Waals surface area contributed by atoms with Gasteiger partial charge < -0.3 is 25.5 Å². The summed E-state index contributed by atoms with van der Waals surface area (Å²) in [6, 6.07) is 15.7. The van der Waals surface area contributed by atoms with Gasteiger partial charge in [-0.1, -0.05) is 90.9 Å². The maximum Gasteiger partial charge on any atom is 0.240 e.